The maximum Gasteiger partial charge on any atom is 0.252 e. The molecule has 0 atom stereocenters. The summed E-state index contributed by atoms with van der Waals surface area (Å²) in [6, 6.07) is 16.1. The molecule has 0 saturated carbocycles. The second-order valence-corrected chi connectivity index (χ2v) is 11.7. The number of hydrogen-bond acceptors (Lipinski definition) is 6. The highest BCUT2D eigenvalue weighted by molar-refractivity contribution is 8.03. The Morgan fingerprint density at radius 2 is 1.64 bits per heavy atom. The molecular formula is C21H23Cl2N3O5S2. The number of rotatable bonds is 8. The van der Waals surface area contributed by atoms with Crippen molar-refractivity contribution in [3.05, 3.63) is 65.2 Å². The van der Waals surface area contributed by atoms with Gasteiger partial charge in [0, 0.05) is 29.1 Å². The van der Waals surface area contributed by atoms with Crippen LogP contribution in [0, 0.1) is 0 Å². The van der Waals surface area contributed by atoms with Crippen LogP contribution in [0.15, 0.2) is 54.6 Å². The average Bonchev–Trinajstić information content (AvgIpc) is 2.71. The van der Waals surface area contributed by atoms with Gasteiger partial charge < -0.3 is 5.32 Å². The first-order chi connectivity index (χ1) is 15.0. The number of benzene rings is 2. The van der Waals surface area contributed by atoms with Gasteiger partial charge in [0.05, 0.1) is 29.3 Å². The number of sulfonamides is 2. The third-order valence-electron chi connectivity index (χ3n) is 4.63. The van der Waals surface area contributed by atoms with Crippen LogP contribution in [0.2, 0.25) is 5.02 Å². The van der Waals surface area contributed by atoms with E-state index < -0.39 is 20.0 Å². The van der Waals surface area contributed by atoms with Crippen molar-refractivity contribution in [2.24, 2.45) is 0 Å². The highest BCUT2D eigenvalue weighted by Gasteiger charge is 2.26. The maximum absolute atomic E-state index is 12.9. The standard InChI is InChI=1S/C21H22ClN3O5S2.ClH/c1-31(27,28)25(32(2,29)30)12-6-11-23-21(26)18-14-19(15-7-4-3-5-8-15)24-20-13-16(22)9-10-17(18)20;/h3-5,7-10,13-14H,6,11-12H2,1-2H3,(H,23,26);1H. The highest BCUT2D eigenvalue weighted by atomic mass is 35.5. The lowest BCUT2D eigenvalue weighted by Crippen LogP contribution is -2.37. The van der Waals surface area contributed by atoms with Crippen LogP contribution >= 0.6 is 24.0 Å². The molecule has 0 aliphatic carbocycles. The molecule has 3 aromatic rings. The second kappa shape index (κ2) is 10.8. The van der Waals surface area contributed by atoms with E-state index in [1.54, 1.807) is 24.3 Å². The number of pyridine rings is 1. The van der Waals surface area contributed by atoms with Crippen LogP contribution in [0.1, 0.15) is 16.8 Å². The molecule has 1 heterocycles. The zero-order chi connectivity index (χ0) is 23.5. The SMILES string of the molecule is CS(=O)(=O)N(CCCNC(=O)c1cc(-c2ccccc2)nc2cc(Cl)ccc12)S(C)(=O)=O.Cl. The zero-order valence-electron chi connectivity index (χ0n) is 17.9. The molecule has 0 fully saturated rings. The minimum absolute atomic E-state index is 0. The highest BCUT2D eigenvalue weighted by Crippen LogP contribution is 2.27. The molecule has 12 heteroatoms. The van der Waals surface area contributed by atoms with Gasteiger partial charge in [-0.2, -0.15) is 0 Å². The van der Waals surface area contributed by atoms with E-state index in [1.165, 1.54) is 0 Å². The van der Waals surface area contributed by atoms with Crippen molar-refractivity contribution in [1.82, 2.24) is 14.0 Å². The van der Waals surface area contributed by atoms with Crippen LogP contribution in [0.3, 0.4) is 0 Å². The Hall–Kier alpha value is -2.24. The van der Waals surface area contributed by atoms with E-state index in [0.29, 0.717) is 30.9 Å². The van der Waals surface area contributed by atoms with Gasteiger partial charge in [-0.1, -0.05) is 51.7 Å². The van der Waals surface area contributed by atoms with Crippen molar-refractivity contribution in [3.8, 4) is 11.3 Å². The van der Waals surface area contributed by atoms with Crippen molar-refractivity contribution in [1.29, 1.82) is 0 Å². The van der Waals surface area contributed by atoms with Crippen LogP contribution in [0.4, 0.5) is 0 Å². The summed E-state index contributed by atoms with van der Waals surface area (Å²) in [5.41, 5.74) is 2.38. The average molecular weight is 532 g/mol. The van der Waals surface area contributed by atoms with Gasteiger partial charge in [-0.3, -0.25) is 4.79 Å². The number of nitrogens with one attached hydrogen (secondary N) is 1. The van der Waals surface area contributed by atoms with Gasteiger partial charge in [0.15, 0.2) is 0 Å². The Labute approximate surface area is 204 Å². The normalized spacial score (nSPS) is 11.9. The largest absolute Gasteiger partial charge is 0.352 e. The third kappa shape index (κ3) is 6.87. The number of nitrogens with zero attached hydrogens (tertiary/aromatic N) is 2. The monoisotopic (exact) mass is 531 g/mol. The molecular weight excluding hydrogens is 509 g/mol. The molecule has 1 amide bonds. The molecule has 1 aromatic heterocycles. The second-order valence-electron chi connectivity index (χ2n) is 7.21. The van der Waals surface area contributed by atoms with Crippen molar-refractivity contribution >= 4 is 60.9 Å². The maximum atomic E-state index is 12.9. The van der Waals surface area contributed by atoms with E-state index >= 15 is 0 Å². The summed E-state index contributed by atoms with van der Waals surface area (Å²) >= 11 is 6.11. The number of fused-ring (bicyclic) bond motifs is 1. The fourth-order valence-electron chi connectivity index (χ4n) is 3.23. The summed E-state index contributed by atoms with van der Waals surface area (Å²) < 4.78 is 47.3. The number of amides is 1. The molecule has 33 heavy (non-hydrogen) atoms. The van der Waals surface area contributed by atoms with Gasteiger partial charge >= 0.3 is 0 Å². The fourth-order valence-corrected chi connectivity index (χ4v) is 6.28. The quantitative estimate of drug-likeness (QED) is 0.446. The van der Waals surface area contributed by atoms with E-state index in [1.807, 2.05) is 30.3 Å². The molecule has 178 valence electrons. The predicted octanol–water partition coefficient (Wildman–Crippen LogP) is 3.32. The lowest BCUT2D eigenvalue weighted by atomic mass is 10.0. The summed E-state index contributed by atoms with van der Waals surface area (Å²) in [6.45, 7) is -0.182. The lowest BCUT2D eigenvalue weighted by molar-refractivity contribution is 0.0955. The number of hydrogen-bond donors (Lipinski definition) is 1. The van der Waals surface area contributed by atoms with Gasteiger partial charge in [0.2, 0.25) is 20.0 Å². The van der Waals surface area contributed by atoms with Crippen LogP contribution in [-0.4, -0.2) is 57.0 Å². The Kier molecular flexibility index (Phi) is 8.83. The van der Waals surface area contributed by atoms with Crippen LogP contribution in [0.25, 0.3) is 22.2 Å². The van der Waals surface area contributed by atoms with Crippen LogP contribution < -0.4 is 5.32 Å². The fraction of sp³-hybridized carbons (Fsp3) is 0.238. The smallest absolute Gasteiger partial charge is 0.252 e. The molecule has 8 nitrogen and oxygen atoms in total. The van der Waals surface area contributed by atoms with Gasteiger partial charge in [-0.05, 0) is 24.6 Å². The first kappa shape index (κ1) is 27.0. The van der Waals surface area contributed by atoms with E-state index in [9.17, 15) is 21.6 Å². The van der Waals surface area contributed by atoms with Gasteiger partial charge in [0.1, 0.15) is 0 Å². The summed E-state index contributed by atoms with van der Waals surface area (Å²) in [5, 5.41) is 3.83. The number of aromatic nitrogens is 1. The Bertz CT molecular complexity index is 1330. The van der Waals surface area contributed by atoms with Crippen molar-refractivity contribution in [3.63, 3.8) is 0 Å². The third-order valence-corrected chi connectivity index (χ3v) is 8.33. The van der Waals surface area contributed by atoms with E-state index in [2.05, 4.69) is 10.3 Å². The minimum atomic E-state index is -3.93. The molecule has 3 rings (SSSR count). The Morgan fingerprint density at radius 1 is 1.00 bits per heavy atom. The minimum Gasteiger partial charge on any atom is -0.352 e. The summed E-state index contributed by atoms with van der Waals surface area (Å²) in [4.78, 5) is 17.6. The summed E-state index contributed by atoms with van der Waals surface area (Å²) in [5.74, 6) is -0.387. The van der Waals surface area contributed by atoms with Gasteiger partial charge in [-0.15, -0.1) is 12.4 Å². The molecule has 0 saturated heterocycles. The Morgan fingerprint density at radius 3 is 2.24 bits per heavy atom. The van der Waals surface area contributed by atoms with E-state index in [4.69, 9.17) is 11.6 Å². The lowest BCUT2D eigenvalue weighted by Gasteiger charge is -2.17. The summed E-state index contributed by atoms with van der Waals surface area (Å²) in [6.07, 6.45) is 1.77. The first-order valence-electron chi connectivity index (χ1n) is 9.58. The number of carbonyl (C=O) groups is 1. The predicted molar refractivity (Wildman–Crippen MR) is 133 cm³/mol. The molecule has 0 bridgehead atoms. The molecule has 0 aliphatic heterocycles. The molecule has 0 radical (unpaired) electrons. The number of carbonyl (C=O) groups excluding carboxylic acids is 1. The van der Waals surface area contributed by atoms with Crippen LogP contribution in [0.5, 0.6) is 0 Å². The molecule has 0 spiro atoms. The van der Waals surface area contributed by atoms with E-state index in [0.717, 1.165) is 18.1 Å². The topological polar surface area (TPSA) is 114 Å². The van der Waals surface area contributed by atoms with Gasteiger partial charge in [0.25, 0.3) is 5.91 Å². The van der Waals surface area contributed by atoms with Crippen molar-refractivity contribution in [2.45, 2.75) is 6.42 Å². The molecule has 0 aliphatic rings. The Balaban J connectivity index is 0.00000385. The van der Waals surface area contributed by atoms with Crippen molar-refractivity contribution in [2.75, 3.05) is 25.6 Å². The van der Waals surface area contributed by atoms with Crippen LogP contribution in [-0.2, 0) is 20.0 Å². The first-order valence-corrected chi connectivity index (χ1v) is 13.7. The van der Waals surface area contributed by atoms with Gasteiger partial charge in [-0.25, -0.2) is 21.8 Å². The molecule has 1 N–H and O–H groups in total. The molecule has 0 unspecified atom stereocenters. The van der Waals surface area contributed by atoms with Crippen molar-refractivity contribution < 1.29 is 21.6 Å². The summed E-state index contributed by atoms with van der Waals surface area (Å²) in [7, 11) is -7.87. The zero-order valence-corrected chi connectivity index (χ0v) is 21.1. The molecule has 2 aromatic carbocycles. The number of halogens is 2. The van der Waals surface area contributed by atoms with E-state index in [-0.39, 0.29) is 37.8 Å².